The number of aliphatic hydroxyl groups excluding tert-OH is 1. The van der Waals surface area contributed by atoms with Gasteiger partial charge in [-0.25, -0.2) is 17.5 Å². The first-order valence-corrected chi connectivity index (χ1v) is 8.84. The van der Waals surface area contributed by atoms with Crippen molar-refractivity contribution in [2.24, 2.45) is 5.92 Å². The molecular weight excluding hydrogens is 293 g/mol. The van der Waals surface area contributed by atoms with Crippen LogP contribution in [0.2, 0.25) is 0 Å². The summed E-state index contributed by atoms with van der Waals surface area (Å²) < 4.78 is 41.1. The molecule has 0 heterocycles. The van der Waals surface area contributed by atoms with Crippen LogP contribution < -0.4 is 4.72 Å². The lowest BCUT2D eigenvalue weighted by Crippen LogP contribution is -2.39. The van der Waals surface area contributed by atoms with E-state index >= 15 is 0 Å². The van der Waals surface area contributed by atoms with Crippen molar-refractivity contribution in [3.8, 4) is 0 Å². The van der Waals surface area contributed by atoms with Crippen LogP contribution in [0.25, 0.3) is 0 Å². The lowest BCUT2D eigenvalue weighted by atomic mass is 9.85. The smallest absolute Gasteiger partial charge is 0.243 e. The Morgan fingerprint density at radius 1 is 1.33 bits per heavy atom. The second-order valence-corrected chi connectivity index (χ2v) is 7.41. The van der Waals surface area contributed by atoms with Gasteiger partial charge in [0.25, 0.3) is 0 Å². The van der Waals surface area contributed by atoms with E-state index in [1.54, 1.807) is 0 Å². The Bertz CT molecular complexity index is 583. The van der Waals surface area contributed by atoms with Gasteiger partial charge in [-0.05, 0) is 43.4 Å². The molecule has 6 heteroatoms. The fraction of sp³-hybridized carbons (Fsp3) is 0.600. The number of sulfonamides is 1. The molecule has 1 aromatic rings. The Kier molecular flexibility index (Phi) is 5.35. The van der Waals surface area contributed by atoms with E-state index in [1.807, 2.05) is 6.92 Å². The molecule has 0 aromatic heterocycles. The maximum atomic E-state index is 13.8. The van der Waals surface area contributed by atoms with Crippen LogP contribution in [0.1, 0.15) is 44.6 Å². The normalized spacial score (nSPS) is 18.6. The summed E-state index contributed by atoms with van der Waals surface area (Å²) in [4.78, 5) is -0.392. The minimum Gasteiger partial charge on any atom is -0.392 e. The summed E-state index contributed by atoms with van der Waals surface area (Å²) in [6.45, 7) is 1.52. The highest BCUT2D eigenvalue weighted by atomic mass is 32.2. The van der Waals surface area contributed by atoms with Crippen LogP contribution in [0, 0.1) is 11.7 Å². The molecular formula is C15H22FNO3S. The van der Waals surface area contributed by atoms with Crippen LogP contribution in [-0.2, 0) is 16.6 Å². The van der Waals surface area contributed by atoms with Gasteiger partial charge < -0.3 is 5.11 Å². The average molecular weight is 315 g/mol. The molecule has 1 aliphatic rings. The molecule has 0 spiro atoms. The Hall–Kier alpha value is -0.980. The number of benzene rings is 1. The highest BCUT2D eigenvalue weighted by Gasteiger charge is 2.27. The van der Waals surface area contributed by atoms with E-state index in [4.69, 9.17) is 5.11 Å². The number of halogens is 1. The van der Waals surface area contributed by atoms with Gasteiger partial charge in [0.05, 0.1) is 6.61 Å². The number of hydrogen-bond donors (Lipinski definition) is 2. The average Bonchev–Trinajstić information content (AvgIpc) is 2.48. The molecule has 0 saturated heterocycles. The van der Waals surface area contributed by atoms with Crippen LogP contribution in [0.15, 0.2) is 23.1 Å². The molecule has 1 atom stereocenters. The first-order chi connectivity index (χ1) is 9.94. The van der Waals surface area contributed by atoms with Crippen molar-refractivity contribution in [3.63, 3.8) is 0 Å². The summed E-state index contributed by atoms with van der Waals surface area (Å²) in [6, 6.07) is 3.42. The monoisotopic (exact) mass is 315 g/mol. The van der Waals surface area contributed by atoms with Gasteiger partial charge in [-0.2, -0.15) is 0 Å². The van der Waals surface area contributed by atoms with Crippen molar-refractivity contribution in [2.75, 3.05) is 0 Å². The van der Waals surface area contributed by atoms with Crippen LogP contribution in [0.5, 0.6) is 0 Å². The SMILES string of the molecule is CC(NS(=O)(=O)c1cc(CO)ccc1F)C1CCCCC1. The van der Waals surface area contributed by atoms with Gasteiger partial charge in [-0.15, -0.1) is 0 Å². The van der Waals surface area contributed by atoms with Crippen molar-refractivity contribution >= 4 is 10.0 Å². The van der Waals surface area contributed by atoms with E-state index in [2.05, 4.69) is 4.72 Å². The minimum absolute atomic E-state index is 0.215. The van der Waals surface area contributed by atoms with Gasteiger partial charge in [0.1, 0.15) is 10.7 Å². The van der Waals surface area contributed by atoms with E-state index < -0.39 is 20.7 Å². The van der Waals surface area contributed by atoms with Crippen molar-refractivity contribution in [2.45, 2.75) is 56.6 Å². The molecule has 0 aliphatic heterocycles. The molecule has 0 amide bonds. The predicted molar refractivity (Wildman–Crippen MR) is 78.7 cm³/mol. The van der Waals surface area contributed by atoms with Crippen LogP contribution >= 0.6 is 0 Å². The summed E-state index contributed by atoms with van der Waals surface area (Å²) >= 11 is 0. The first-order valence-electron chi connectivity index (χ1n) is 7.35. The van der Waals surface area contributed by atoms with E-state index in [0.717, 1.165) is 31.7 Å². The molecule has 1 saturated carbocycles. The van der Waals surface area contributed by atoms with Gasteiger partial charge in [0, 0.05) is 6.04 Å². The Morgan fingerprint density at radius 3 is 2.62 bits per heavy atom. The quantitative estimate of drug-likeness (QED) is 0.877. The highest BCUT2D eigenvalue weighted by molar-refractivity contribution is 7.89. The van der Waals surface area contributed by atoms with Crippen LogP contribution in [0.4, 0.5) is 4.39 Å². The molecule has 2 rings (SSSR count). The zero-order valence-corrected chi connectivity index (χ0v) is 13.0. The van der Waals surface area contributed by atoms with Crippen molar-refractivity contribution in [1.29, 1.82) is 0 Å². The lowest BCUT2D eigenvalue weighted by Gasteiger charge is -2.28. The summed E-state index contributed by atoms with van der Waals surface area (Å²) in [5.41, 5.74) is 0.377. The maximum Gasteiger partial charge on any atom is 0.243 e. The third kappa shape index (κ3) is 4.02. The van der Waals surface area contributed by atoms with Crippen LogP contribution in [0.3, 0.4) is 0 Å². The topological polar surface area (TPSA) is 66.4 Å². The highest BCUT2D eigenvalue weighted by Crippen LogP contribution is 2.27. The number of rotatable bonds is 5. The first kappa shape index (κ1) is 16.4. The largest absolute Gasteiger partial charge is 0.392 e. The Labute approximate surface area is 125 Å². The zero-order chi connectivity index (χ0) is 15.5. The van der Waals surface area contributed by atoms with Gasteiger partial charge in [0.2, 0.25) is 10.0 Å². The molecule has 1 unspecified atom stereocenters. The van der Waals surface area contributed by atoms with Crippen molar-refractivity contribution in [1.82, 2.24) is 4.72 Å². The second-order valence-electron chi connectivity index (χ2n) is 5.73. The molecule has 0 radical (unpaired) electrons. The van der Waals surface area contributed by atoms with Crippen LogP contribution in [-0.4, -0.2) is 19.6 Å². The molecule has 4 nitrogen and oxygen atoms in total. The van der Waals surface area contributed by atoms with Gasteiger partial charge in [-0.3, -0.25) is 0 Å². The van der Waals surface area contributed by atoms with Gasteiger partial charge in [0.15, 0.2) is 0 Å². The van der Waals surface area contributed by atoms with E-state index in [1.165, 1.54) is 18.6 Å². The van der Waals surface area contributed by atoms with Crippen molar-refractivity contribution in [3.05, 3.63) is 29.6 Å². The molecule has 1 aromatic carbocycles. The summed E-state index contributed by atoms with van der Waals surface area (Å²) in [5.74, 6) is -0.492. The Balaban J connectivity index is 2.17. The van der Waals surface area contributed by atoms with Gasteiger partial charge >= 0.3 is 0 Å². The van der Waals surface area contributed by atoms with E-state index in [0.29, 0.717) is 11.5 Å². The molecule has 0 bridgehead atoms. The van der Waals surface area contributed by atoms with Gasteiger partial charge in [-0.1, -0.05) is 25.3 Å². The third-order valence-corrected chi connectivity index (χ3v) is 5.74. The standard InChI is InChI=1S/C15H22FNO3S/c1-11(13-5-3-2-4-6-13)17-21(19,20)15-9-12(10-18)7-8-14(15)16/h7-9,11,13,17-18H,2-6,10H2,1H3. The molecule has 2 N–H and O–H groups in total. The number of hydrogen-bond acceptors (Lipinski definition) is 3. The van der Waals surface area contributed by atoms with Crippen molar-refractivity contribution < 1.29 is 17.9 Å². The maximum absolute atomic E-state index is 13.8. The van der Waals surface area contributed by atoms with E-state index in [-0.39, 0.29) is 12.6 Å². The molecule has 21 heavy (non-hydrogen) atoms. The summed E-state index contributed by atoms with van der Waals surface area (Å²) in [7, 11) is -3.91. The number of nitrogens with one attached hydrogen (secondary N) is 1. The minimum atomic E-state index is -3.91. The Morgan fingerprint density at radius 2 is 2.00 bits per heavy atom. The number of aliphatic hydroxyl groups is 1. The summed E-state index contributed by atoms with van der Waals surface area (Å²) in [5, 5.41) is 9.07. The second kappa shape index (κ2) is 6.85. The van der Waals surface area contributed by atoms with E-state index in [9.17, 15) is 12.8 Å². The fourth-order valence-electron chi connectivity index (χ4n) is 2.89. The zero-order valence-electron chi connectivity index (χ0n) is 12.2. The predicted octanol–water partition coefficient (Wildman–Crippen LogP) is 2.57. The molecule has 1 aliphatic carbocycles. The fourth-order valence-corrected chi connectivity index (χ4v) is 4.33. The third-order valence-electron chi connectivity index (χ3n) is 4.17. The lowest BCUT2D eigenvalue weighted by molar-refractivity contribution is 0.281. The molecule has 1 fully saturated rings. The summed E-state index contributed by atoms with van der Waals surface area (Å²) in [6.07, 6.45) is 5.44. The molecule has 118 valence electrons.